The zero-order valence-electron chi connectivity index (χ0n) is 15.4. The lowest BCUT2D eigenvalue weighted by atomic mass is 10.1. The van der Waals surface area contributed by atoms with Gasteiger partial charge in [0, 0.05) is 29.3 Å². The molecule has 2 N–H and O–H groups in total. The fourth-order valence-corrected chi connectivity index (χ4v) is 2.70. The number of carbonyl (C=O) groups is 2. The van der Waals surface area contributed by atoms with E-state index in [1.807, 2.05) is 18.2 Å². The van der Waals surface area contributed by atoms with Crippen LogP contribution < -0.4 is 10.1 Å². The highest BCUT2D eigenvalue weighted by Gasteiger charge is 2.15. The fourth-order valence-electron chi connectivity index (χ4n) is 2.70. The van der Waals surface area contributed by atoms with Gasteiger partial charge >= 0.3 is 11.9 Å². The molecular weight excluding hydrogens is 344 g/mol. The van der Waals surface area contributed by atoms with E-state index in [0.717, 1.165) is 29.6 Å². The highest BCUT2D eigenvalue weighted by Crippen LogP contribution is 2.24. The van der Waals surface area contributed by atoms with E-state index in [1.54, 1.807) is 37.4 Å². The Morgan fingerprint density at radius 2 is 1.81 bits per heavy atom. The third kappa shape index (κ3) is 4.28. The molecule has 0 aliphatic carbocycles. The Kier molecular flexibility index (Phi) is 5.76. The number of aromatic amines is 1. The number of hydrogen-bond donors (Lipinski definition) is 2. The number of hydrogen-bond acceptors (Lipinski definition) is 5. The van der Waals surface area contributed by atoms with Gasteiger partial charge in [0.05, 0.1) is 17.7 Å². The van der Waals surface area contributed by atoms with Crippen molar-refractivity contribution in [1.29, 1.82) is 0 Å². The van der Waals surface area contributed by atoms with Gasteiger partial charge in [0.25, 0.3) is 0 Å². The molecule has 6 heteroatoms. The van der Waals surface area contributed by atoms with Crippen molar-refractivity contribution < 1.29 is 19.1 Å². The van der Waals surface area contributed by atoms with Gasteiger partial charge in [-0.05, 0) is 55.8 Å². The van der Waals surface area contributed by atoms with Crippen molar-refractivity contribution in [3.63, 3.8) is 0 Å². The van der Waals surface area contributed by atoms with Crippen LogP contribution in [0.25, 0.3) is 10.9 Å². The maximum Gasteiger partial charge on any atom is 0.345 e. The van der Waals surface area contributed by atoms with Crippen molar-refractivity contribution in [2.75, 3.05) is 18.5 Å². The molecule has 0 saturated carbocycles. The molecule has 3 aromatic rings. The fraction of sp³-hybridized carbons (Fsp3) is 0.238. The number of rotatable bonds is 7. The Morgan fingerprint density at radius 3 is 2.52 bits per heavy atom. The number of benzene rings is 2. The molecule has 3 rings (SSSR count). The standard InChI is InChI=1S/C21H22N2O4/c1-3-11-22-15-7-10-19-17(12-15)18(13-23-19)21(25)27-16-8-5-14(6-9-16)20(24)26-4-2/h5-10,12-13,22-23H,3-4,11H2,1-2H3. The van der Waals surface area contributed by atoms with Gasteiger partial charge in [-0.15, -0.1) is 0 Å². The molecule has 0 spiro atoms. The quantitative estimate of drug-likeness (QED) is 0.479. The lowest BCUT2D eigenvalue weighted by Gasteiger charge is -2.07. The summed E-state index contributed by atoms with van der Waals surface area (Å²) in [7, 11) is 0. The van der Waals surface area contributed by atoms with Crippen LogP contribution in [0.1, 0.15) is 41.0 Å². The Labute approximate surface area is 157 Å². The molecule has 140 valence electrons. The maximum atomic E-state index is 12.6. The minimum absolute atomic E-state index is 0.311. The van der Waals surface area contributed by atoms with E-state index in [0.29, 0.717) is 23.5 Å². The van der Waals surface area contributed by atoms with Crippen LogP contribution in [-0.4, -0.2) is 30.1 Å². The first kappa shape index (κ1) is 18.5. The number of H-pyrrole nitrogens is 1. The summed E-state index contributed by atoms with van der Waals surface area (Å²) in [6.45, 7) is 5.02. The van der Waals surface area contributed by atoms with E-state index in [4.69, 9.17) is 9.47 Å². The second-order valence-corrected chi connectivity index (χ2v) is 6.02. The summed E-state index contributed by atoms with van der Waals surface area (Å²) in [6, 6.07) is 12.1. The lowest BCUT2D eigenvalue weighted by molar-refractivity contribution is 0.0526. The normalized spacial score (nSPS) is 10.6. The Balaban J connectivity index is 1.76. The van der Waals surface area contributed by atoms with Gasteiger partial charge < -0.3 is 19.8 Å². The highest BCUT2D eigenvalue weighted by molar-refractivity contribution is 6.05. The Bertz CT molecular complexity index is 944. The van der Waals surface area contributed by atoms with Crippen LogP contribution in [0, 0.1) is 0 Å². The minimum atomic E-state index is -0.460. The number of nitrogens with one attached hydrogen (secondary N) is 2. The van der Waals surface area contributed by atoms with Crippen molar-refractivity contribution in [3.8, 4) is 5.75 Å². The van der Waals surface area contributed by atoms with E-state index in [2.05, 4.69) is 17.2 Å². The van der Waals surface area contributed by atoms with Crippen LogP contribution in [0.5, 0.6) is 5.75 Å². The molecule has 0 aliphatic heterocycles. The summed E-state index contributed by atoms with van der Waals surface area (Å²) in [5.74, 6) is -0.500. The minimum Gasteiger partial charge on any atom is -0.462 e. The molecule has 0 saturated heterocycles. The predicted molar refractivity (Wildman–Crippen MR) is 104 cm³/mol. The third-order valence-corrected chi connectivity index (χ3v) is 4.06. The lowest BCUT2D eigenvalue weighted by Crippen LogP contribution is -2.09. The number of aromatic nitrogens is 1. The molecule has 2 aromatic carbocycles. The van der Waals surface area contributed by atoms with Gasteiger partial charge in [0.2, 0.25) is 0 Å². The SMILES string of the molecule is CCCNc1ccc2[nH]cc(C(=O)Oc3ccc(C(=O)OCC)cc3)c2c1. The van der Waals surface area contributed by atoms with Crippen molar-refractivity contribution in [2.24, 2.45) is 0 Å². The summed E-state index contributed by atoms with van der Waals surface area (Å²) < 4.78 is 10.4. The monoisotopic (exact) mass is 366 g/mol. The van der Waals surface area contributed by atoms with Gasteiger partial charge in [0.1, 0.15) is 5.75 Å². The second-order valence-electron chi connectivity index (χ2n) is 6.02. The first-order chi connectivity index (χ1) is 13.1. The average Bonchev–Trinajstić information content (AvgIpc) is 3.10. The summed E-state index contributed by atoms with van der Waals surface area (Å²) in [4.78, 5) is 27.3. The highest BCUT2D eigenvalue weighted by atomic mass is 16.5. The van der Waals surface area contributed by atoms with Gasteiger partial charge in [0.15, 0.2) is 0 Å². The zero-order valence-corrected chi connectivity index (χ0v) is 15.4. The van der Waals surface area contributed by atoms with E-state index < -0.39 is 11.9 Å². The Morgan fingerprint density at radius 1 is 1.04 bits per heavy atom. The van der Waals surface area contributed by atoms with E-state index in [1.165, 1.54) is 0 Å². The molecule has 0 radical (unpaired) electrons. The van der Waals surface area contributed by atoms with Crippen molar-refractivity contribution in [2.45, 2.75) is 20.3 Å². The van der Waals surface area contributed by atoms with Crippen LogP contribution >= 0.6 is 0 Å². The van der Waals surface area contributed by atoms with Gasteiger partial charge in [-0.25, -0.2) is 9.59 Å². The molecule has 0 bridgehead atoms. The number of fused-ring (bicyclic) bond motifs is 1. The predicted octanol–water partition coefficient (Wildman–Crippen LogP) is 4.39. The molecule has 27 heavy (non-hydrogen) atoms. The summed E-state index contributed by atoms with van der Waals surface area (Å²) in [5, 5.41) is 4.11. The zero-order chi connectivity index (χ0) is 19.2. The van der Waals surface area contributed by atoms with Crippen LogP contribution in [0.4, 0.5) is 5.69 Å². The van der Waals surface area contributed by atoms with Crippen LogP contribution in [0.3, 0.4) is 0 Å². The van der Waals surface area contributed by atoms with Crippen LogP contribution in [0.15, 0.2) is 48.7 Å². The third-order valence-electron chi connectivity index (χ3n) is 4.06. The molecule has 1 aromatic heterocycles. The maximum absolute atomic E-state index is 12.6. The summed E-state index contributed by atoms with van der Waals surface area (Å²) >= 11 is 0. The van der Waals surface area contributed by atoms with Crippen LogP contribution in [0.2, 0.25) is 0 Å². The molecule has 0 fully saturated rings. The molecule has 0 aliphatic rings. The van der Waals surface area contributed by atoms with Gasteiger partial charge in [-0.1, -0.05) is 6.92 Å². The number of anilines is 1. The molecule has 1 heterocycles. The van der Waals surface area contributed by atoms with E-state index >= 15 is 0 Å². The van der Waals surface area contributed by atoms with Crippen molar-refractivity contribution >= 4 is 28.5 Å². The van der Waals surface area contributed by atoms with E-state index in [-0.39, 0.29) is 0 Å². The molecular formula is C21H22N2O4. The first-order valence-corrected chi connectivity index (χ1v) is 8.96. The molecule has 0 atom stereocenters. The Hall–Kier alpha value is -3.28. The van der Waals surface area contributed by atoms with Crippen molar-refractivity contribution in [1.82, 2.24) is 4.98 Å². The van der Waals surface area contributed by atoms with Crippen molar-refractivity contribution in [3.05, 3.63) is 59.8 Å². The largest absolute Gasteiger partial charge is 0.462 e. The number of ether oxygens (including phenoxy) is 2. The summed E-state index contributed by atoms with van der Waals surface area (Å²) in [5.41, 5.74) is 2.69. The second kappa shape index (κ2) is 8.40. The molecule has 0 unspecified atom stereocenters. The summed E-state index contributed by atoms with van der Waals surface area (Å²) in [6.07, 6.45) is 2.66. The topological polar surface area (TPSA) is 80.4 Å². The first-order valence-electron chi connectivity index (χ1n) is 8.96. The van der Waals surface area contributed by atoms with Gasteiger partial charge in [-0.3, -0.25) is 0 Å². The smallest absolute Gasteiger partial charge is 0.345 e. The van der Waals surface area contributed by atoms with Crippen LogP contribution in [-0.2, 0) is 4.74 Å². The van der Waals surface area contributed by atoms with Gasteiger partial charge in [-0.2, -0.15) is 0 Å². The van der Waals surface area contributed by atoms with E-state index in [9.17, 15) is 9.59 Å². The molecule has 0 amide bonds. The molecule has 6 nitrogen and oxygen atoms in total. The number of esters is 2. The number of carbonyl (C=O) groups excluding carboxylic acids is 2. The average molecular weight is 366 g/mol.